The third-order valence-corrected chi connectivity index (χ3v) is 3.08. The molecule has 0 radical (unpaired) electrons. The van der Waals surface area contributed by atoms with Crippen molar-refractivity contribution in [3.63, 3.8) is 0 Å². The van der Waals surface area contributed by atoms with Gasteiger partial charge >= 0.3 is 5.97 Å². The van der Waals surface area contributed by atoms with Gasteiger partial charge in [-0.1, -0.05) is 0 Å². The molecule has 1 heterocycles. The Kier molecular flexibility index (Phi) is 4.16. The molecular weight excluding hydrogens is 274 g/mol. The minimum atomic E-state index is -1.25. The van der Waals surface area contributed by atoms with E-state index in [0.29, 0.717) is 35.6 Å². The number of ether oxygens (including phenoxy) is 2. The van der Waals surface area contributed by atoms with Crippen LogP contribution in [0.1, 0.15) is 24.2 Å². The molecule has 1 aromatic heterocycles. The summed E-state index contributed by atoms with van der Waals surface area (Å²) in [6.07, 6.45) is 1.31. The third kappa shape index (κ3) is 2.69. The molecule has 1 N–H and O–H groups in total. The molecule has 0 aliphatic carbocycles. The number of carbonyl (C=O) groups is 1. The van der Waals surface area contributed by atoms with Crippen LogP contribution in [0.15, 0.2) is 23.1 Å². The van der Waals surface area contributed by atoms with E-state index in [1.165, 1.54) is 6.20 Å². The van der Waals surface area contributed by atoms with Gasteiger partial charge in [-0.3, -0.25) is 4.79 Å². The van der Waals surface area contributed by atoms with Crippen molar-refractivity contribution in [2.45, 2.75) is 13.8 Å². The number of hydrogen-bond acceptors (Lipinski definition) is 4. The summed E-state index contributed by atoms with van der Waals surface area (Å²) < 4.78 is 12.6. The highest BCUT2D eigenvalue weighted by molar-refractivity contribution is 5.93. The summed E-state index contributed by atoms with van der Waals surface area (Å²) >= 11 is 0. The van der Waals surface area contributed by atoms with E-state index in [9.17, 15) is 9.59 Å². The molecule has 0 aliphatic heterocycles. The molecule has 112 valence electrons. The lowest BCUT2D eigenvalue weighted by molar-refractivity contribution is 0.0695. The van der Waals surface area contributed by atoms with Crippen molar-refractivity contribution in [3.8, 4) is 11.5 Å². The van der Waals surface area contributed by atoms with Gasteiger partial charge in [0, 0.05) is 19.3 Å². The van der Waals surface area contributed by atoms with Crippen molar-refractivity contribution in [3.05, 3.63) is 34.1 Å². The second-order valence-electron chi connectivity index (χ2n) is 4.47. The Hall–Kier alpha value is -2.50. The SMILES string of the molecule is CCOc1cc2c(=O)c(C(=O)O)cn(C)c2cc1OCC. The molecule has 0 spiro atoms. The highest BCUT2D eigenvalue weighted by Crippen LogP contribution is 2.31. The van der Waals surface area contributed by atoms with E-state index in [-0.39, 0.29) is 5.56 Å². The number of pyridine rings is 1. The van der Waals surface area contributed by atoms with Crippen molar-refractivity contribution in [1.82, 2.24) is 4.57 Å². The van der Waals surface area contributed by atoms with Crippen molar-refractivity contribution >= 4 is 16.9 Å². The summed E-state index contributed by atoms with van der Waals surface area (Å²) in [6.45, 7) is 4.56. The summed E-state index contributed by atoms with van der Waals surface area (Å²) in [7, 11) is 1.68. The summed E-state index contributed by atoms with van der Waals surface area (Å²) in [5, 5.41) is 9.39. The Balaban J connectivity index is 2.80. The number of aromatic nitrogens is 1. The van der Waals surface area contributed by atoms with Crippen molar-refractivity contribution in [2.75, 3.05) is 13.2 Å². The molecule has 2 rings (SSSR count). The number of carboxylic acid groups (broad SMARTS) is 1. The molecule has 0 aliphatic rings. The Morgan fingerprint density at radius 1 is 1.19 bits per heavy atom. The molecule has 6 heteroatoms. The van der Waals surface area contributed by atoms with Gasteiger partial charge in [0.05, 0.1) is 24.1 Å². The maximum Gasteiger partial charge on any atom is 0.341 e. The fourth-order valence-electron chi connectivity index (χ4n) is 2.18. The predicted molar refractivity (Wildman–Crippen MR) is 78.5 cm³/mol. The second kappa shape index (κ2) is 5.87. The fourth-order valence-corrected chi connectivity index (χ4v) is 2.18. The quantitative estimate of drug-likeness (QED) is 0.912. The van der Waals surface area contributed by atoms with Crippen LogP contribution in [0, 0.1) is 0 Å². The Morgan fingerprint density at radius 2 is 1.76 bits per heavy atom. The molecular formula is C15H17NO5. The predicted octanol–water partition coefficient (Wildman–Crippen LogP) is 2.03. The van der Waals surface area contributed by atoms with Crippen LogP contribution < -0.4 is 14.9 Å². The molecule has 1 aromatic carbocycles. The van der Waals surface area contributed by atoms with E-state index in [0.717, 1.165) is 0 Å². The average molecular weight is 291 g/mol. The monoisotopic (exact) mass is 291 g/mol. The lowest BCUT2D eigenvalue weighted by Gasteiger charge is -2.14. The topological polar surface area (TPSA) is 77.8 Å². The molecule has 0 amide bonds. The van der Waals surface area contributed by atoms with Crippen LogP contribution in [-0.2, 0) is 7.05 Å². The zero-order valence-corrected chi connectivity index (χ0v) is 12.2. The van der Waals surface area contributed by atoms with Crippen LogP contribution in [0.5, 0.6) is 11.5 Å². The molecule has 0 bridgehead atoms. The van der Waals surface area contributed by atoms with E-state index in [1.807, 2.05) is 13.8 Å². The first kappa shape index (κ1) is 14.9. The number of aromatic carboxylic acids is 1. The van der Waals surface area contributed by atoms with Gasteiger partial charge in [0.15, 0.2) is 11.5 Å². The molecule has 21 heavy (non-hydrogen) atoms. The summed E-state index contributed by atoms with van der Waals surface area (Å²) in [5.41, 5.74) is -0.201. The van der Waals surface area contributed by atoms with Gasteiger partial charge in [0.2, 0.25) is 5.43 Å². The molecule has 0 saturated heterocycles. The molecule has 0 saturated carbocycles. The highest BCUT2D eigenvalue weighted by atomic mass is 16.5. The van der Waals surface area contributed by atoms with E-state index in [2.05, 4.69) is 0 Å². The minimum absolute atomic E-state index is 0.267. The number of benzene rings is 1. The summed E-state index contributed by atoms with van der Waals surface area (Å²) in [5.74, 6) is -0.277. The third-order valence-electron chi connectivity index (χ3n) is 3.08. The maximum absolute atomic E-state index is 12.3. The van der Waals surface area contributed by atoms with Crippen LogP contribution in [0.4, 0.5) is 0 Å². The molecule has 0 atom stereocenters. The molecule has 0 fully saturated rings. The first-order valence-electron chi connectivity index (χ1n) is 6.65. The van der Waals surface area contributed by atoms with Gasteiger partial charge in [-0.05, 0) is 19.9 Å². The smallest absolute Gasteiger partial charge is 0.341 e. The molecule has 6 nitrogen and oxygen atoms in total. The second-order valence-corrected chi connectivity index (χ2v) is 4.47. The van der Waals surface area contributed by atoms with Crippen LogP contribution in [0.2, 0.25) is 0 Å². The first-order valence-corrected chi connectivity index (χ1v) is 6.65. The number of carboxylic acids is 1. The Labute approximate surface area is 121 Å². The standard InChI is InChI=1S/C15H17NO5/c1-4-20-12-6-9-11(7-13(12)21-5-2)16(3)8-10(14(9)17)15(18)19/h6-8H,4-5H2,1-3H3,(H,18,19). The van der Waals surface area contributed by atoms with Gasteiger partial charge in [-0.2, -0.15) is 0 Å². The number of hydrogen-bond donors (Lipinski definition) is 1. The number of fused-ring (bicyclic) bond motifs is 1. The van der Waals surface area contributed by atoms with E-state index >= 15 is 0 Å². The van der Waals surface area contributed by atoms with Crippen LogP contribution in [0.3, 0.4) is 0 Å². The van der Waals surface area contributed by atoms with Crippen LogP contribution >= 0.6 is 0 Å². The molecule has 2 aromatic rings. The largest absolute Gasteiger partial charge is 0.490 e. The van der Waals surface area contributed by atoms with E-state index < -0.39 is 11.4 Å². The normalized spacial score (nSPS) is 10.6. The lowest BCUT2D eigenvalue weighted by atomic mass is 10.1. The van der Waals surface area contributed by atoms with E-state index in [4.69, 9.17) is 14.6 Å². The van der Waals surface area contributed by atoms with Gasteiger partial charge < -0.3 is 19.1 Å². The van der Waals surface area contributed by atoms with Crippen LogP contribution in [0.25, 0.3) is 10.9 Å². The fraction of sp³-hybridized carbons (Fsp3) is 0.333. The summed E-state index contributed by atoms with van der Waals surface area (Å²) in [6, 6.07) is 3.23. The zero-order valence-electron chi connectivity index (χ0n) is 12.2. The lowest BCUT2D eigenvalue weighted by Crippen LogP contribution is -2.18. The van der Waals surface area contributed by atoms with Gasteiger partial charge in [-0.15, -0.1) is 0 Å². The van der Waals surface area contributed by atoms with Crippen LogP contribution in [-0.4, -0.2) is 28.9 Å². The number of aryl methyl sites for hydroxylation is 1. The zero-order chi connectivity index (χ0) is 15.6. The van der Waals surface area contributed by atoms with Gasteiger partial charge in [0.1, 0.15) is 5.56 Å². The minimum Gasteiger partial charge on any atom is -0.490 e. The highest BCUT2D eigenvalue weighted by Gasteiger charge is 2.16. The van der Waals surface area contributed by atoms with Crippen molar-refractivity contribution in [1.29, 1.82) is 0 Å². The number of rotatable bonds is 5. The summed E-state index contributed by atoms with van der Waals surface area (Å²) in [4.78, 5) is 23.4. The Bertz CT molecular complexity index is 748. The Morgan fingerprint density at radius 3 is 2.29 bits per heavy atom. The van der Waals surface area contributed by atoms with Gasteiger partial charge in [0.25, 0.3) is 0 Å². The van der Waals surface area contributed by atoms with Crippen molar-refractivity contribution < 1.29 is 19.4 Å². The first-order chi connectivity index (χ1) is 9.99. The maximum atomic E-state index is 12.3. The number of nitrogens with zero attached hydrogens (tertiary/aromatic N) is 1. The molecule has 0 unspecified atom stereocenters. The van der Waals surface area contributed by atoms with Crippen molar-refractivity contribution in [2.24, 2.45) is 7.05 Å². The van der Waals surface area contributed by atoms with Gasteiger partial charge in [-0.25, -0.2) is 4.79 Å². The van der Waals surface area contributed by atoms with E-state index in [1.54, 1.807) is 23.7 Å². The average Bonchev–Trinajstić information content (AvgIpc) is 2.44.